The zero-order chi connectivity index (χ0) is 10.1. The van der Waals surface area contributed by atoms with Gasteiger partial charge in [-0.05, 0) is 6.92 Å². The Morgan fingerprint density at radius 3 is 2.71 bits per heavy atom. The molecule has 0 spiro atoms. The molecular formula is C6H10N8. The van der Waals surface area contributed by atoms with Crippen LogP contribution in [0, 0.1) is 0 Å². The highest BCUT2D eigenvalue weighted by Gasteiger charge is 2.16. The molecule has 14 heavy (non-hydrogen) atoms. The summed E-state index contributed by atoms with van der Waals surface area (Å²) in [6.07, 6.45) is 3.02. The molecule has 0 aliphatic rings. The lowest BCUT2D eigenvalue weighted by atomic mass is 10.3. The molecule has 0 amide bonds. The van der Waals surface area contributed by atoms with E-state index in [0.717, 1.165) is 0 Å². The van der Waals surface area contributed by atoms with Gasteiger partial charge in [-0.25, -0.2) is 14.3 Å². The highest BCUT2D eigenvalue weighted by Crippen LogP contribution is 2.13. The molecule has 0 aliphatic carbocycles. The minimum atomic E-state index is -0.146. The molecule has 4 N–H and O–H groups in total. The molecule has 74 valence electrons. The van der Waals surface area contributed by atoms with Gasteiger partial charge < -0.3 is 11.6 Å². The molecular weight excluding hydrogens is 184 g/mol. The number of hydrogen-bond donors (Lipinski definition) is 2. The maximum atomic E-state index is 5.61. The molecule has 2 rings (SSSR count). The van der Waals surface area contributed by atoms with Crippen LogP contribution in [0.15, 0.2) is 12.7 Å². The molecule has 0 bridgehead atoms. The Bertz CT molecular complexity index is 415. The molecule has 0 radical (unpaired) electrons. The summed E-state index contributed by atoms with van der Waals surface area (Å²) in [5.74, 6) is 6.32. The number of nitrogens with zero attached hydrogens (tertiary/aromatic N) is 6. The third-order valence-electron chi connectivity index (χ3n) is 1.96. The van der Waals surface area contributed by atoms with Crippen molar-refractivity contribution in [1.29, 1.82) is 0 Å². The SMILES string of the molecule is CC(c1nnc(N)n1N)n1cncn1. The van der Waals surface area contributed by atoms with Gasteiger partial charge in [0.25, 0.3) is 0 Å². The van der Waals surface area contributed by atoms with E-state index in [9.17, 15) is 0 Å². The van der Waals surface area contributed by atoms with Gasteiger partial charge in [0.05, 0.1) is 0 Å². The second-order valence-electron chi connectivity index (χ2n) is 2.84. The normalized spacial score (nSPS) is 12.9. The van der Waals surface area contributed by atoms with E-state index < -0.39 is 0 Å². The van der Waals surface area contributed by atoms with Crippen molar-refractivity contribution in [1.82, 2.24) is 29.6 Å². The monoisotopic (exact) mass is 194 g/mol. The molecule has 8 nitrogen and oxygen atoms in total. The van der Waals surface area contributed by atoms with Crippen molar-refractivity contribution in [3.63, 3.8) is 0 Å². The van der Waals surface area contributed by atoms with Crippen LogP contribution in [0.25, 0.3) is 0 Å². The summed E-state index contributed by atoms with van der Waals surface area (Å²) in [5, 5.41) is 11.5. The third-order valence-corrected chi connectivity index (χ3v) is 1.96. The van der Waals surface area contributed by atoms with Crippen molar-refractivity contribution in [3.05, 3.63) is 18.5 Å². The Kier molecular flexibility index (Phi) is 1.80. The maximum absolute atomic E-state index is 5.61. The van der Waals surface area contributed by atoms with Crippen LogP contribution < -0.4 is 11.6 Å². The van der Waals surface area contributed by atoms with Gasteiger partial charge in [0, 0.05) is 0 Å². The number of nitrogens with two attached hydrogens (primary N) is 2. The number of rotatable bonds is 2. The van der Waals surface area contributed by atoms with Crippen LogP contribution in [0.4, 0.5) is 5.95 Å². The average Bonchev–Trinajstić information content (AvgIpc) is 2.77. The molecule has 8 heteroatoms. The Hall–Kier alpha value is -2.12. The summed E-state index contributed by atoms with van der Waals surface area (Å²) in [6, 6.07) is -0.146. The molecule has 0 fully saturated rings. The van der Waals surface area contributed by atoms with Crippen molar-refractivity contribution < 1.29 is 0 Å². The van der Waals surface area contributed by atoms with E-state index >= 15 is 0 Å². The van der Waals surface area contributed by atoms with Gasteiger partial charge in [-0.2, -0.15) is 5.10 Å². The molecule has 2 aromatic heterocycles. The van der Waals surface area contributed by atoms with Crippen molar-refractivity contribution in [2.24, 2.45) is 0 Å². The Morgan fingerprint density at radius 1 is 1.43 bits per heavy atom. The van der Waals surface area contributed by atoms with E-state index in [1.807, 2.05) is 6.92 Å². The lowest BCUT2D eigenvalue weighted by Crippen LogP contribution is -2.20. The lowest BCUT2D eigenvalue weighted by Gasteiger charge is -2.09. The van der Waals surface area contributed by atoms with Gasteiger partial charge in [0.1, 0.15) is 18.7 Å². The molecule has 2 heterocycles. The molecule has 2 aromatic rings. The van der Waals surface area contributed by atoms with Gasteiger partial charge in [0.2, 0.25) is 5.95 Å². The van der Waals surface area contributed by atoms with E-state index in [2.05, 4.69) is 20.3 Å². The first-order chi connectivity index (χ1) is 6.70. The second-order valence-corrected chi connectivity index (χ2v) is 2.84. The number of nitrogen functional groups attached to an aromatic ring is 2. The quantitative estimate of drug-likeness (QED) is 0.579. The minimum Gasteiger partial charge on any atom is -0.366 e. The van der Waals surface area contributed by atoms with E-state index in [1.54, 1.807) is 11.0 Å². The van der Waals surface area contributed by atoms with E-state index in [4.69, 9.17) is 11.6 Å². The van der Waals surface area contributed by atoms with E-state index in [0.29, 0.717) is 5.82 Å². The van der Waals surface area contributed by atoms with Gasteiger partial charge >= 0.3 is 0 Å². The predicted octanol–water partition coefficient (Wildman–Crippen LogP) is -1.23. The highest BCUT2D eigenvalue weighted by molar-refractivity contribution is 5.18. The average molecular weight is 194 g/mol. The van der Waals surface area contributed by atoms with Crippen molar-refractivity contribution in [3.8, 4) is 0 Å². The summed E-state index contributed by atoms with van der Waals surface area (Å²) in [6.45, 7) is 1.88. The van der Waals surface area contributed by atoms with Crippen LogP contribution in [0.1, 0.15) is 18.8 Å². The molecule has 0 saturated carbocycles. The van der Waals surface area contributed by atoms with Crippen molar-refractivity contribution >= 4 is 5.95 Å². The standard InChI is InChI=1S/C6H10N8/c1-4(13-3-9-2-10-13)5-11-12-6(7)14(5)8/h2-4H,8H2,1H3,(H2,7,12). The van der Waals surface area contributed by atoms with Gasteiger partial charge in [0.15, 0.2) is 5.82 Å². The highest BCUT2D eigenvalue weighted by atomic mass is 15.5. The van der Waals surface area contributed by atoms with E-state index in [-0.39, 0.29) is 12.0 Å². The predicted molar refractivity (Wildman–Crippen MR) is 48.4 cm³/mol. The van der Waals surface area contributed by atoms with Crippen molar-refractivity contribution in [2.75, 3.05) is 11.6 Å². The Balaban J connectivity index is 2.36. The van der Waals surface area contributed by atoms with Crippen LogP contribution in [-0.2, 0) is 0 Å². The first kappa shape index (κ1) is 8.48. The summed E-state index contributed by atoms with van der Waals surface area (Å²) < 4.78 is 2.85. The zero-order valence-corrected chi connectivity index (χ0v) is 7.57. The summed E-state index contributed by atoms with van der Waals surface area (Å²) in [4.78, 5) is 3.83. The van der Waals surface area contributed by atoms with Crippen LogP contribution in [-0.4, -0.2) is 29.6 Å². The van der Waals surface area contributed by atoms with Crippen LogP contribution in [0.3, 0.4) is 0 Å². The minimum absolute atomic E-state index is 0.146. The Morgan fingerprint density at radius 2 is 2.21 bits per heavy atom. The molecule has 1 unspecified atom stereocenters. The number of aromatic nitrogens is 6. The second kappa shape index (κ2) is 2.98. The molecule has 0 aliphatic heterocycles. The van der Waals surface area contributed by atoms with Gasteiger partial charge in [-0.15, -0.1) is 10.2 Å². The fraction of sp³-hybridized carbons (Fsp3) is 0.333. The Labute approximate surface area is 79.5 Å². The first-order valence-corrected chi connectivity index (χ1v) is 4.00. The zero-order valence-electron chi connectivity index (χ0n) is 7.57. The van der Waals surface area contributed by atoms with Crippen LogP contribution in [0.5, 0.6) is 0 Å². The summed E-state index contributed by atoms with van der Waals surface area (Å²) in [5.41, 5.74) is 5.45. The fourth-order valence-corrected chi connectivity index (χ4v) is 1.14. The summed E-state index contributed by atoms with van der Waals surface area (Å²) >= 11 is 0. The number of anilines is 1. The first-order valence-electron chi connectivity index (χ1n) is 4.00. The van der Waals surface area contributed by atoms with Crippen molar-refractivity contribution in [2.45, 2.75) is 13.0 Å². The third kappa shape index (κ3) is 1.16. The maximum Gasteiger partial charge on any atom is 0.240 e. The van der Waals surface area contributed by atoms with Crippen LogP contribution in [0.2, 0.25) is 0 Å². The van der Waals surface area contributed by atoms with E-state index in [1.165, 1.54) is 11.0 Å². The largest absolute Gasteiger partial charge is 0.366 e. The molecule has 1 atom stereocenters. The topological polar surface area (TPSA) is 113 Å². The smallest absolute Gasteiger partial charge is 0.240 e. The summed E-state index contributed by atoms with van der Waals surface area (Å²) in [7, 11) is 0. The fourth-order valence-electron chi connectivity index (χ4n) is 1.14. The molecule has 0 saturated heterocycles. The number of hydrogen-bond acceptors (Lipinski definition) is 6. The lowest BCUT2D eigenvalue weighted by molar-refractivity contribution is 0.523. The van der Waals surface area contributed by atoms with Gasteiger partial charge in [-0.1, -0.05) is 0 Å². The molecule has 0 aromatic carbocycles. The van der Waals surface area contributed by atoms with Gasteiger partial charge in [-0.3, -0.25) is 0 Å². The van der Waals surface area contributed by atoms with Crippen LogP contribution >= 0.6 is 0 Å².